The second-order valence-electron chi connectivity index (χ2n) is 8.93. The first-order chi connectivity index (χ1) is 16.9. The lowest BCUT2D eigenvalue weighted by Gasteiger charge is -2.54. The molecule has 8 heteroatoms. The molecule has 2 aromatic rings. The van der Waals surface area contributed by atoms with Crippen molar-refractivity contribution in [3.05, 3.63) is 71.3 Å². The van der Waals surface area contributed by atoms with Gasteiger partial charge in [0.15, 0.2) is 0 Å². The molecule has 1 N–H and O–H groups in total. The van der Waals surface area contributed by atoms with Gasteiger partial charge in [-0.2, -0.15) is 5.01 Å². The number of hydrazine groups is 1. The van der Waals surface area contributed by atoms with E-state index >= 15 is 0 Å². The Morgan fingerprint density at radius 2 is 1.86 bits per heavy atom. The summed E-state index contributed by atoms with van der Waals surface area (Å²) >= 11 is 0. The minimum atomic E-state index is -0.646. The Balaban J connectivity index is 1.63. The van der Waals surface area contributed by atoms with Crippen molar-refractivity contribution in [3.63, 3.8) is 0 Å². The van der Waals surface area contributed by atoms with Gasteiger partial charge < -0.3 is 15.1 Å². The second-order valence-corrected chi connectivity index (χ2v) is 8.93. The predicted octanol–water partition coefficient (Wildman–Crippen LogP) is 2.35. The number of fused-ring (bicyclic) bond motifs is 1. The standard InChI is InChI=1S/C27H31N5O3/c1-4-14-30-19-25(33)31-23(5-2)26(34)29(17-22-13-9-10-20(3)15-22)18-24(31)32(30)27(35)28-16-21-11-7-6-8-12-21/h1,6-13,15,23-24H,5,14,16-19H2,2-3H3,(H,28,35)/t23-,24?/m0/s1. The van der Waals surface area contributed by atoms with Crippen LogP contribution in [0.2, 0.25) is 0 Å². The summed E-state index contributed by atoms with van der Waals surface area (Å²) < 4.78 is 0. The number of hydrogen-bond donors (Lipinski definition) is 1. The molecule has 2 aliphatic heterocycles. The van der Waals surface area contributed by atoms with Gasteiger partial charge in [-0.25, -0.2) is 9.80 Å². The normalized spacial score (nSPS) is 20.4. The molecule has 2 atom stereocenters. The fraction of sp³-hybridized carbons (Fsp3) is 0.370. The Hall–Kier alpha value is -3.83. The molecule has 182 valence electrons. The Morgan fingerprint density at radius 3 is 2.54 bits per heavy atom. The van der Waals surface area contributed by atoms with Crippen molar-refractivity contribution >= 4 is 17.8 Å². The van der Waals surface area contributed by atoms with Gasteiger partial charge in [-0.15, -0.1) is 6.42 Å². The smallest absolute Gasteiger partial charge is 0.333 e. The molecular formula is C27H31N5O3. The first-order valence-corrected chi connectivity index (χ1v) is 11.9. The molecular weight excluding hydrogens is 442 g/mol. The minimum absolute atomic E-state index is 0.0544. The largest absolute Gasteiger partial charge is 0.334 e. The van der Waals surface area contributed by atoms with Crippen molar-refractivity contribution in [2.24, 2.45) is 0 Å². The van der Waals surface area contributed by atoms with E-state index in [-0.39, 0.29) is 37.5 Å². The lowest BCUT2D eigenvalue weighted by molar-refractivity contribution is -0.189. The number of benzene rings is 2. The summed E-state index contributed by atoms with van der Waals surface area (Å²) in [6.07, 6.45) is 5.39. The van der Waals surface area contributed by atoms with E-state index in [9.17, 15) is 14.4 Å². The molecule has 2 saturated heterocycles. The van der Waals surface area contributed by atoms with Crippen molar-refractivity contribution in [3.8, 4) is 12.3 Å². The van der Waals surface area contributed by atoms with Crippen molar-refractivity contribution in [1.29, 1.82) is 0 Å². The third-order valence-corrected chi connectivity index (χ3v) is 6.44. The van der Waals surface area contributed by atoms with Gasteiger partial charge in [0.05, 0.1) is 19.6 Å². The summed E-state index contributed by atoms with van der Waals surface area (Å²) in [6.45, 7) is 4.90. The number of aryl methyl sites for hydroxylation is 1. The quantitative estimate of drug-likeness (QED) is 0.654. The van der Waals surface area contributed by atoms with Crippen LogP contribution in [-0.2, 0) is 22.7 Å². The van der Waals surface area contributed by atoms with E-state index in [1.165, 1.54) is 5.01 Å². The van der Waals surface area contributed by atoms with Crippen molar-refractivity contribution < 1.29 is 14.4 Å². The summed E-state index contributed by atoms with van der Waals surface area (Å²) in [6, 6.07) is 16.6. The zero-order valence-electron chi connectivity index (χ0n) is 20.2. The summed E-state index contributed by atoms with van der Waals surface area (Å²) in [4.78, 5) is 43.4. The summed E-state index contributed by atoms with van der Waals surface area (Å²) in [5.74, 6) is 2.25. The molecule has 2 fully saturated rings. The van der Waals surface area contributed by atoms with Crippen LogP contribution < -0.4 is 5.32 Å². The fourth-order valence-electron chi connectivity index (χ4n) is 4.85. The predicted molar refractivity (Wildman–Crippen MR) is 132 cm³/mol. The number of rotatable bonds is 6. The molecule has 8 nitrogen and oxygen atoms in total. The van der Waals surface area contributed by atoms with Crippen LogP contribution in [0.1, 0.15) is 30.0 Å². The number of nitrogens with one attached hydrogen (secondary N) is 1. The van der Waals surface area contributed by atoms with Crippen molar-refractivity contribution in [2.75, 3.05) is 19.6 Å². The Kier molecular flexibility index (Phi) is 7.37. The van der Waals surface area contributed by atoms with Gasteiger partial charge >= 0.3 is 6.03 Å². The molecule has 0 spiro atoms. The molecule has 35 heavy (non-hydrogen) atoms. The van der Waals surface area contributed by atoms with E-state index in [2.05, 4.69) is 11.2 Å². The topological polar surface area (TPSA) is 76.2 Å². The monoisotopic (exact) mass is 473 g/mol. The van der Waals surface area contributed by atoms with Crippen LogP contribution >= 0.6 is 0 Å². The number of piperazine rings is 1. The molecule has 2 aromatic carbocycles. The van der Waals surface area contributed by atoms with Gasteiger partial charge in [-0.1, -0.05) is 73.0 Å². The number of urea groups is 1. The maximum atomic E-state index is 13.5. The molecule has 0 radical (unpaired) electrons. The van der Waals surface area contributed by atoms with Gasteiger partial charge in [0.2, 0.25) is 11.8 Å². The van der Waals surface area contributed by atoms with E-state index in [0.717, 1.165) is 16.7 Å². The molecule has 2 heterocycles. The fourth-order valence-corrected chi connectivity index (χ4v) is 4.85. The van der Waals surface area contributed by atoms with Crippen molar-refractivity contribution in [1.82, 2.24) is 25.1 Å². The Bertz CT molecular complexity index is 1130. The number of hydrogen-bond acceptors (Lipinski definition) is 4. The van der Waals surface area contributed by atoms with E-state index < -0.39 is 12.2 Å². The van der Waals surface area contributed by atoms with Gasteiger partial charge in [0, 0.05) is 13.1 Å². The molecule has 1 unspecified atom stereocenters. The van der Waals surface area contributed by atoms with Crippen LogP contribution in [0.4, 0.5) is 4.79 Å². The molecule has 0 saturated carbocycles. The average molecular weight is 474 g/mol. The third-order valence-electron chi connectivity index (χ3n) is 6.44. The summed E-state index contributed by atoms with van der Waals surface area (Å²) in [7, 11) is 0. The van der Waals surface area contributed by atoms with Gasteiger partial charge in [-0.05, 0) is 24.5 Å². The minimum Gasteiger partial charge on any atom is -0.333 e. The zero-order chi connectivity index (χ0) is 24.9. The highest BCUT2D eigenvalue weighted by Crippen LogP contribution is 2.28. The van der Waals surface area contributed by atoms with Crippen LogP contribution in [0.3, 0.4) is 0 Å². The SMILES string of the molecule is C#CCN1CC(=O)N2C(CN(Cc3cccc(C)c3)C(=O)[C@@H]2CC)N1C(=O)NCc1ccccc1. The van der Waals surface area contributed by atoms with Crippen LogP contribution in [0, 0.1) is 19.3 Å². The van der Waals surface area contributed by atoms with Crippen LogP contribution in [0.25, 0.3) is 0 Å². The molecule has 0 aromatic heterocycles. The molecule has 4 amide bonds. The molecule has 2 aliphatic rings. The lowest BCUT2D eigenvalue weighted by Crippen LogP contribution is -2.76. The maximum Gasteiger partial charge on any atom is 0.334 e. The molecule has 0 aliphatic carbocycles. The Labute approximate surface area is 206 Å². The van der Waals surface area contributed by atoms with Gasteiger partial charge in [0.1, 0.15) is 12.2 Å². The summed E-state index contributed by atoms with van der Waals surface area (Å²) in [5.41, 5.74) is 3.07. The van der Waals surface area contributed by atoms with E-state index in [1.807, 2.05) is 68.4 Å². The number of amides is 4. The first kappa shape index (κ1) is 24.3. The molecule has 4 rings (SSSR count). The number of carbonyl (C=O) groups excluding carboxylic acids is 3. The van der Waals surface area contributed by atoms with Gasteiger partial charge in [0.25, 0.3) is 0 Å². The highest BCUT2D eigenvalue weighted by Gasteiger charge is 2.50. The highest BCUT2D eigenvalue weighted by molar-refractivity contribution is 5.91. The van der Waals surface area contributed by atoms with Crippen LogP contribution in [0.15, 0.2) is 54.6 Å². The molecule has 0 bridgehead atoms. The van der Waals surface area contributed by atoms with Crippen molar-refractivity contribution in [2.45, 2.75) is 45.6 Å². The zero-order valence-corrected chi connectivity index (χ0v) is 20.2. The number of nitrogens with zero attached hydrogens (tertiary/aromatic N) is 4. The van der Waals surface area contributed by atoms with E-state index in [0.29, 0.717) is 19.5 Å². The maximum absolute atomic E-state index is 13.5. The third kappa shape index (κ3) is 5.15. The lowest BCUT2D eigenvalue weighted by atomic mass is 10.0. The van der Waals surface area contributed by atoms with E-state index in [1.54, 1.807) is 14.8 Å². The van der Waals surface area contributed by atoms with Crippen LogP contribution in [-0.4, -0.2) is 69.5 Å². The Morgan fingerprint density at radius 1 is 1.11 bits per heavy atom. The second kappa shape index (κ2) is 10.6. The van der Waals surface area contributed by atoms with Crippen LogP contribution in [0.5, 0.6) is 0 Å². The van der Waals surface area contributed by atoms with Gasteiger partial charge in [-0.3, -0.25) is 9.59 Å². The first-order valence-electron chi connectivity index (χ1n) is 11.9. The number of terminal acetylenes is 1. The van der Waals surface area contributed by atoms with E-state index in [4.69, 9.17) is 6.42 Å². The summed E-state index contributed by atoms with van der Waals surface area (Å²) in [5, 5.41) is 6.08. The number of carbonyl (C=O) groups is 3. The highest BCUT2D eigenvalue weighted by atomic mass is 16.2. The average Bonchev–Trinajstić information content (AvgIpc) is 2.84.